The number of rotatable bonds is 8. The van der Waals surface area contributed by atoms with E-state index in [9.17, 15) is 9.59 Å². The van der Waals surface area contributed by atoms with Crippen LogP contribution < -0.4 is 21.1 Å². The third-order valence-corrected chi connectivity index (χ3v) is 7.53. The molecule has 1 atom stereocenters. The number of halogens is 2. The van der Waals surface area contributed by atoms with E-state index in [4.69, 9.17) is 23.2 Å². The number of anilines is 3. The van der Waals surface area contributed by atoms with Crippen molar-refractivity contribution in [3.05, 3.63) is 83.6 Å². The van der Waals surface area contributed by atoms with Gasteiger partial charge < -0.3 is 10.2 Å². The number of nitrogens with zero attached hydrogens (tertiary/aromatic N) is 2. The highest BCUT2D eigenvalue weighted by molar-refractivity contribution is 6.35. The van der Waals surface area contributed by atoms with Crippen LogP contribution in [0.4, 0.5) is 17.1 Å². The normalized spacial score (nSPS) is 18.2. The van der Waals surface area contributed by atoms with Crippen LogP contribution in [-0.4, -0.2) is 31.6 Å². The number of benzene rings is 2. The van der Waals surface area contributed by atoms with Gasteiger partial charge in [-0.3, -0.25) is 14.5 Å². The van der Waals surface area contributed by atoms with Crippen molar-refractivity contribution in [1.82, 2.24) is 4.90 Å². The van der Waals surface area contributed by atoms with Gasteiger partial charge in [0.1, 0.15) is 11.4 Å². The van der Waals surface area contributed by atoms with Crippen LogP contribution in [0.1, 0.15) is 48.9 Å². The molecule has 0 bridgehead atoms. The fraction of sp³-hybridized carbons (Fsp3) is 0.407. The van der Waals surface area contributed by atoms with Crippen LogP contribution in [0.25, 0.3) is 0 Å². The number of hydrogen-bond acceptors (Lipinski definition) is 5. The van der Waals surface area contributed by atoms with Crippen LogP contribution in [0, 0.1) is 5.92 Å². The summed E-state index contributed by atoms with van der Waals surface area (Å²) in [7, 11) is 2.10. The second kappa shape index (κ2) is 9.37. The molecule has 1 saturated carbocycles. The summed E-state index contributed by atoms with van der Waals surface area (Å²) in [5.41, 5.74) is 4.36. The molecule has 3 aromatic carbocycles. The maximum Gasteiger partial charge on any atom is 0.253 e. The second-order valence-corrected chi connectivity index (χ2v) is 10.5. The first-order valence-corrected chi connectivity index (χ1v) is 12.8. The molecule has 1 N–H and O–H groups in total. The predicted molar refractivity (Wildman–Crippen MR) is 141 cm³/mol. The molecule has 1 unspecified atom stereocenters. The summed E-state index contributed by atoms with van der Waals surface area (Å²) < 4.78 is 0. The maximum absolute atomic E-state index is 12.4. The summed E-state index contributed by atoms with van der Waals surface area (Å²) in [4.78, 5) is 29.2. The van der Waals surface area contributed by atoms with Gasteiger partial charge in [0.05, 0.1) is 6.04 Å². The molecule has 178 valence electrons. The first-order chi connectivity index (χ1) is 16.4. The van der Waals surface area contributed by atoms with Gasteiger partial charge in [0.25, 0.3) is 10.9 Å². The Morgan fingerprint density at radius 1 is 1.09 bits per heavy atom. The van der Waals surface area contributed by atoms with Crippen LogP contribution >= 0.6 is 23.2 Å². The average Bonchev–Trinajstić information content (AvgIpc) is 3.63. The van der Waals surface area contributed by atoms with Crippen molar-refractivity contribution in [3.8, 4) is 0 Å². The molecular weight excluding hydrogens is 469 g/mol. The second-order valence-electron chi connectivity index (χ2n) is 9.61. The van der Waals surface area contributed by atoms with Gasteiger partial charge in [-0.05, 0) is 79.6 Å². The minimum atomic E-state index is -0.430. The molecule has 5 rings (SSSR count). The van der Waals surface area contributed by atoms with E-state index in [0.29, 0.717) is 27.3 Å². The predicted octanol–water partition coefficient (Wildman–Crippen LogP) is 5.54. The van der Waals surface area contributed by atoms with E-state index < -0.39 is 5.43 Å². The smallest absolute Gasteiger partial charge is 0.253 e. The lowest BCUT2D eigenvalue weighted by Crippen LogP contribution is -2.43. The highest BCUT2D eigenvalue weighted by atomic mass is 35.5. The third-order valence-electron chi connectivity index (χ3n) is 6.99. The van der Waals surface area contributed by atoms with Gasteiger partial charge in [-0.1, -0.05) is 42.3 Å². The summed E-state index contributed by atoms with van der Waals surface area (Å²) in [5, 5.41) is 4.57. The largest absolute Gasteiger partial charge is 0.366 e. The summed E-state index contributed by atoms with van der Waals surface area (Å²) in [6.07, 6.45) is 4.25. The molecule has 5 nitrogen and oxygen atoms in total. The molecule has 0 aromatic heterocycles. The van der Waals surface area contributed by atoms with Crippen molar-refractivity contribution in [3.63, 3.8) is 0 Å². The Morgan fingerprint density at radius 2 is 1.82 bits per heavy atom. The lowest BCUT2D eigenvalue weighted by molar-refractivity contribution is 0.265. The monoisotopic (exact) mass is 497 g/mol. The van der Waals surface area contributed by atoms with Crippen molar-refractivity contribution in [2.75, 3.05) is 36.9 Å². The van der Waals surface area contributed by atoms with Gasteiger partial charge in [0, 0.05) is 35.4 Å². The quantitative estimate of drug-likeness (QED) is 0.414. The lowest BCUT2D eigenvalue weighted by Gasteiger charge is -2.36. The van der Waals surface area contributed by atoms with Gasteiger partial charge in [0.15, 0.2) is 0 Å². The van der Waals surface area contributed by atoms with E-state index in [2.05, 4.69) is 41.2 Å². The SMILES string of the molecule is CCCN(CC1CC1)c1c(Nc2ccc(C3c4c(Cl)cc(Cl)cc4CCN3C)cc2)c(=O)c1=O. The molecule has 1 aliphatic heterocycles. The Labute approximate surface area is 210 Å². The van der Waals surface area contributed by atoms with E-state index in [-0.39, 0.29) is 11.5 Å². The Morgan fingerprint density at radius 3 is 2.50 bits per heavy atom. The molecule has 1 fully saturated rings. The van der Waals surface area contributed by atoms with Crippen LogP contribution in [-0.2, 0) is 6.42 Å². The molecule has 0 saturated heterocycles. The van der Waals surface area contributed by atoms with Crippen LogP contribution in [0.3, 0.4) is 0 Å². The molecule has 0 amide bonds. The molecular formula is C27H29Cl2N3O2. The molecule has 0 radical (unpaired) electrons. The van der Waals surface area contributed by atoms with E-state index in [0.717, 1.165) is 49.3 Å². The molecule has 3 aromatic rings. The Bertz CT molecular complexity index is 1280. The third kappa shape index (κ3) is 4.37. The molecule has 1 aliphatic carbocycles. The lowest BCUT2D eigenvalue weighted by atomic mass is 9.88. The molecule has 0 spiro atoms. The topological polar surface area (TPSA) is 52.6 Å². The van der Waals surface area contributed by atoms with Crippen LogP contribution in [0.15, 0.2) is 46.0 Å². The number of hydrogen-bond donors (Lipinski definition) is 1. The zero-order valence-electron chi connectivity index (χ0n) is 19.5. The minimum Gasteiger partial charge on any atom is -0.366 e. The van der Waals surface area contributed by atoms with Crippen LogP contribution in [0.2, 0.25) is 10.0 Å². The van der Waals surface area contributed by atoms with E-state index in [1.54, 1.807) is 6.07 Å². The summed E-state index contributed by atoms with van der Waals surface area (Å²) in [6, 6.07) is 11.9. The van der Waals surface area contributed by atoms with Gasteiger partial charge in [-0.15, -0.1) is 0 Å². The van der Waals surface area contributed by atoms with Crippen molar-refractivity contribution in [1.29, 1.82) is 0 Å². The molecule has 7 heteroatoms. The number of fused-ring (bicyclic) bond motifs is 1. The fourth-order valence-corrected chi connectivity index (χ4v) is 5.72. The maximum atomic E-state index is 12.4. The standard InChI is InChI=1S/C27H29Cl2N3O2/c1-3-11-32(15-16-4-5-16)25-23(26(33)27(25)34)30-20-8-6-17(7-9-20)24-22-18(10-12-31(24)2)13-19(28)14-21(22)29/h6-9,13-14,16,24,30H,3-5,10-12,15H2,1-2H3. The first kappa shape index (κ1) is 23.4. The summed E-state index contributed by atoms with van der Waals surface area (Å²) in [5.74, 6) is 0.639. The molecule has 34 heavy (non-hydrogen) atoms. The van der Waals surface area contributed by atoms with Crippen molar-refractivity contribution in [2.45, 2.75) is 38.6 Å². The summed E-state index contributed by atoms with van der Waals surface area (Å²) >= 11 is 12.9. The fourth-order valence-electron chi connectivity index (χ4n) is 5.09. The highest BCUT2D eigenvalue weighted by Crippen LogP contribution is 2.40. The van der Waals surface area contributed by atoms with Crippen molar-refractivity contribution in [2.24, 2.45) is 5.92 Å². The number of nitrogens with one attached hydrogen (secondary N) is 1. The van der Waals surface area contributed by atoms with E-state index in [1.807, 2.05) is 18.2 Å². The molecule has 1 heterocycles. The first-order valence-electron chi connectivity index (χ1n) is 12.0. The minimum absolute atomic E-state index is 0.0304. The van der Waals surface area contributed by atoms with E-state index >= 15 is 0 Å². The zero-order valence-corrected chi connectivity index (χ0v) is 21.0. The van der Waals surface area contributed by atoms with Crippen LogP contribution in [0.5, 0.6) is 0 Å². The Balaban J connectivity index is 1.40. The average molecular weight is 498 g/mol. The van der Waals surface area contributed by atoms with Gasteiger partial charge in [-0.25, -0.2) is 0 Å². The van der Waals surface area contributed by atoms with Gasteiger partial charge >= 0.3 is 0 Å². The highest BCUT2D eigenvalue weighted by Gasteiger charge is 2.31. The number of likely N-dealkylation sites (N-methyl/N-ethyl adjacent to an activating group) is 1. The van der Waals surface area contributed by atoms with E-state index in [1.165, 1.54) is 18.4 Å². The summed E-state index contributed by atoms with van der Waals surface area (Å²) in [6.45, 7) is 4.64. The van der Waals surface area contributed by atoms with Crippen molar-refractivity contribution < 1.29 is 0 Å². The molecule has 2 aliphatic rings. The van der Waals surface area contributed by atoms with Gasteiger partial charge in [-0.2, -0.15) is 0 Å². The zero-order chi connectivity index (χ0) is 24.0. The Hall–Kier alpha value is -2.34. The Kier molecular flexibility index (Phi) is 6.45. The van der Waals surface area contributed by atoms with Gasteiger partial charge in [0.2, 0.25) is 0 Å². The van der Waals surface area contributed by atoms with Crippen molar-refractivity contribution >= 4 is 40.3 Å².